The van der Waals surface area contributed by atoms with Gasteiger partial charge < -0.3 is 14.4 Å². The van der Waals surface area contributed by atoms with Gasteiger partial charge in [-0.15, -0.1) is 0 Å². The molecule has 0 aliphatic carbocycles. The molecule has 2 aromatic heterocycles. The van der Waals surface area contributed by atoms with Crippen LogP contribution in [0.5, 0.6) is 0 Å². The molecule has 31 heavy (non-hydrogen) atoms. The molecule has 0 unspecified atom stereocenters. The van der Waals surface area contributed by atoms with E-state index in [1.165, 1.54) is 23.6 Å². The summed E-state index contributed by atoms with van der Waals surface area (Å²) in [5.74, 6) is -1.60. The monoisotopic (exact) mass is 423 g/mol. The number of fused-ring (bicyclic) bond motifs is 1. The third-order valence-electron chi connectivity index (χ3n) is 5.11. The molecule has 1 amide bonds. The van der Waals surface area contributed by atoms with Crippen LogP contribution in [0.4, 0.5) is 14.5 Å². The number of anilines is 1. The number of nitrogens with zero attached hydrogens (tertiary/aromatic N) is 2. The molecule has 4 rings (SSSR count). The van der Waals surface area contributed by atoms with Gasteiger partial charge in [-0.1, -0.05) is 11.2 Å². The Morgan fingerprint density at radius 3 is 2.45 bits per heavy atom. The highest BCUT2D eigenvalue weighted by molar-refractivity contribution is 5.90. The van der Waals surface area contributed by atoms with Crippen LogP contribution in [0.3, 0.4) is 0 Å². The van der Waals surface area contributed by atoms with Gasteiger partial charge in [-0.3, -0.25) is 9.59 Å². The van der Waals surface area contributed by atoms with Crippen LogP contribution in [-0.2, 0) is 4.79 Å². The van der Waals surface area contributed by atoms with Crippen molar-refractivity contribution in [3.05, 3.63) is 75.4 Å². The predicted octanol–water partition coefficient (Wildman–Crippen LogP) is 4.81. The maximum absolute atomic E-state index is 14.9. The molecule has 0 aliphatic rings. The van der Waals surface area contributed by atoms with Gasteiger partial charge in [0, 0.05) is 35.7 Å². The van der Waals surface area contributed by atoms with Crippen molar-refractivity contribution in [2.75, 3.05) is 5.32 Å². The van der Waals surface area contributed by atoms with Gasteiger partial charge in [-0.25, -0.2) is 8.78 Å². The van der Waals surface area contributed by atoms with Crippen molar-refractivity contribution in [2.24, 2.45) is 0 Å². The van der Waals surface area contributed by atoms with E-state index >= 15 is 0 Å². The molecule has 0 bridgehead atoms. The van der Waals surface area contributed by atoms with Crippen LogP contribution in [-0.4, -0.2) is 15.6 Å². The topological polar surface area (TPSA) is 77.1 Å². The highest BCUT2D eigenvalue weighted by atomic mass is 19.1. The Bertz CT molecular complexity index is 1400. The normalized spacial score (nSPS) is 11.2. The fraction of sp³-hybridized carbons (Fsp3) is 0.174. The highest BCUT2D eigenvalue weighted by Gasteiger charge is 2.18. The Morgan fingerprint density at radius 1 is 1.06 bits per heavy atom. The predicted molar refractivity (Wildman–Crippen MR) is 113 cm³/mol. The van der Waals surface area contributed by atoms with Crippen molar-refractivity contribution in [1.29, 1.82) is 0 Å². The maximum Gasteiger partial charge on any atom is 0.221 e. The number of hydrogen-bond acceptors (Lipinski definition) is 4. The van der Waals surface area contributed by atoms with Crippen LogP contribution in [0.2, 0.25) is 0 Å². The van der Waals surface area contributed by atoms with Gasteiger partial charge in [0.25, 0.3) is 0 Å². The van der Waals surface area contributed by atoms with Gasteiger partial charge in [0.1, 0.15) is 17.4 Å². The molecule has 8 heteroatoms. The smallest absolute Gasteiger partial charge is 0.221 e. The quantitative estimate of drug-likeness (QED) is 0.513. The van der Waals surface area contributed by atoms with Gasteiger partial charge >= 0.3 is 0 Å². The van der Waals surface area contributed by atoms with Crippen LogP contribution in [0, 0.1) is 32.4 Å². The summed E-state index contributed by atoms with van der Waals surface area (Å²) in [5.41, 5.74) is 2.71. The lowest BCUT2D eigenvalue weighted by molar-refractivity contribution is -0.114. The van der Waals surface area contributed by atoms with E-state index in [1.807, 2.05) is 0 Å². The van der Waals surface area contributed by atoms with Crippen LogP contribution >= 0.6 is 0 Å². The zero-order valence-electron chi connectivity index (χ0n) is 17.3. The number of hydrogen-bond donors (Lipinski definition) is 1. The first-order valence-electron chi connectivity index (χ1n) is 9.54. The molecular weight excluding hydrogens is 404 g/mol. The third kappa shape index (κ3) is 3.50. The number of aryl methyl sites for hydroxylation is 3. The molecule has 1 N–H and O–H groups in total. The molecule has 2 aromatic carbocycles. The Hall–Kier alpha value is -3.81. The minimum atomic E-state index is -0.893. The number of pyridine rings is 1. The van der Waals surface area contributed by atoms with E-state index in [0.29, 0.717) is 34.1 Å². The average Bonchev–Trinajstić information content (AvgIpc) is 3.02. The summed E-state index contributed by atoms with van der Waals surface area (Å²) in [6, 6.07) is 8.49. The van der Waals surface area contributed by atoms with E-state index < -0.39 is 17.5 Å². The SMILES string of the molecule is CC(=O)Nc1cc(-n2c(C)cc(=O)c3ccc(-c4c(C)noc4C)cc32)c(F)cc1F. The second-order valence-electron chi connectivity index (χ2n) is 7.38. The van der Waals surface area contributed by atoms with Crippen molar-refractivity contribution < 1.29 is 18.1 Å². The zero-order valence-corrected chi connectivity index (χ0v) is 17.3. The van der Waals surface area contributed by atoms with E-state index in [1.54, 1.807) is 39.0 Å². The van der Waals surface area contributed by atoms with Crippen molar-refractivity contribution in [3.63, 3.8) is 0 Å². The standard InChI is InChI=1S/C23H19F2N3O3/c1-11-7-22(30)16-6-5-15(23-12(2)27-31-13(23)3)8-20(16)28(11)21-10-19(26-14(4)29)17(24)9-18(21)25/h5-10H,1-4H3,(H,26,29). The molecule has 0 saturated carbocycles. The minimum Gasteiger partial charge on any atom is -0.361 e. The van der Waals surface area contributed by atoms with Crippen molar-refractivity contribution >= 4 is 22.5 Å². The van der Waals surface area contributed by atoms with E-state index in [0.717, 1.165) is 11.1 Å². The maximum atomic E-state index is 14.9. The largest absolute Gasteiger partial charge is 0.361 e. The number of aromatic nitrogens is 2. The molecule has 0 radical (unpaired) electrons. The first kappa shape index (κ1) is 20.5. The number of carbonyl (C=O) groups excluding carboxylic acids is 1. The molecule has 0 spiro atoms. The summed E-state index contributed by atoms with van der Waals surface area (Å²) in [6.07, 6.45) is 0. The number of nitrogens with one attached hydrogen (secondary N) is 1. The van der Waals surface area contributed by atoms with Crippen molar-refractivity contribution in [2.45, 2.75) is 27.7 Å². The van der Waals surface area contributed by atoms with Crippen LogP contribution in [0.1, 0.15) is 24.1 Å². The average molecular weight is 423 g/mol. The molecule has 158 valence electrons. The molecule has 6 nitrogen and oxygen atoms in total. The van der Waals surface area contributed by atoms with Gasteiger partial charge in [-0.2, -0.15) is 0 Å². The molecule has 0 saturated heterocycles. The Balaban J connectivity index is 2.06. The Kier molecular flexibility index (Phi) is 4.93. The summed E-state index contributed by atoms with van der Waals surface area (Å²) in [4.78, 5) is 24.0. The van der Waals surface area contributed by atoms with Gasteiger partial charge in [0.05, 0.1) is 22.6 Å². The lowest BCUT2D eigenvalue weighted by Gasteiger charge is -2.18. The lowest BCUT2D eigenvalue weighted by Crippen LogP contribution is -2.14. The Labute approximate surface area is 176 Å². The highest BCUT2D eigenvalue weighted by Crippen LogP contribution is 2.31. The summed E-state index contributed by atoms with van der Waals surface area (Å²) in [6.45, 7) is 6.48. The van der Waals surface area contributed by atoms with Crippen LogP contribution < -0.4 is 10.7 Å². The molecule has 2 heterocycles. The minimum absolute atomic E-state index is 0.00330. The van der Waals surface area contributed by atoms with E-state index in [9.17, 15) is 18.4 Å². The summed E-state index contributed by atoms with van der Waals surface area (Å²) < 4.78 is 35.9. The van der Waals surface area contributed by atoms with Gasteiger partial charge in [-0.05, 0) is 44.5 Å². The number of rotatable bonds is 3. The number of amides is 1. The number of benzene rings is 2. The zero-order chi connectivity index (χ0) is 22.4. The third-order valence-corrected chi connectivity index (χ3v) is 5.11. The summed E-state index contributed by atoms with van der Waals surface area (Å²) in [7, 11) is 0. The van der Waals surface area contributed by atoms with Crippen molar-refractivity contribution in [3.8, 4) is 16.8 Å². The summed E-state index contributed by atoms with van der Waals surface area (Å²) >= 11 is 0. The van der Waals surface area contributed by atoms with E-state index in [2.05, 4.69) is 10.5 Å². The molecular formula is C23H19F2N3O3. The lowest BCUT2D eigenvalue weighted by atomic mass is 10.0. The van der Waals surface area contributed by atoms with Crippen LogP contribution in [0.15, 0.2) is 45.7 Å². The second kappa shape index (κ2) is 7.46. The van der Waals surface area contributed by atoms with Gasteiger partial charge in [0.2, 0.25) is 5.91 Å². The van der Waals surface area contributed by atoms with Crippen molar-refractivity contribution in [1.82, 2.24) is 9.72 Å². The molecule has 0 fully saturated rings. The number of halogens is 2. The Morgan fingerprint density at radius 2 is 1.81 bits per heavy atom. The van der Waals surface area contributed by atoms with Gasteiger partial charge in [0.15, 0.2) is 5.43 Å². The van der Waals surface area contributed by atoms with E-state index in [-0.39, 0.29) is 16.8 Å². The molecule has 4 aromatic rings. The first-order chi connectivity index (χ1) is 14.7. The number of carbonyl (C=O) groups is 1. The summed E-state index contributed by atoms with van der Waals surface area (Å²) in [5, 5.41) is 6.69. The molecule has 0 atom stereocenters. The fourth-order valence-corrected chi connectivity index (χ4v) is 3.81. The second-order valence-corrected chi connectivity index (χ2v) is 7.38. The van der Waals surface area contributed by atoms with E-state index in [4.69, 9.17) is 4.52 Å². The first-order valence-corrected chi connectivity index (χ1v) is 9.54. The fourth-order valence-electron chi connectivity index (χ4n) is 3.81. The van der Waals surface area contributed by atoms with Crippen LogP contribution in [0.25, 0.3) is 27.7 Å². The molecule has 0 aliphatic heterocycles.